The van der Waals surface area contributed by atoms with Gasteiger partial charge in [0.2, 0.25) is 11.8 Å². The second kappa shape index (κ2) is 5.66. The van der Waals surface area contributed by atoms with Gasteiger partial charge in [0.15, 0.2) is 0 Å². The molecule has 2 rings (SSSR count). The van der Waals surface area contributed by atoms with Gasteiger partial charge in [-0.2, -0.15) is 0 Å². The molecule has 0 spiro atoms. The van der Waals surface area contributed by atoms with E-state index in [4.69, 9.17) is 16.7 Å². The maximum Gasteiger partial charge on any atom is 0.237 e. The van der Waals surface area contributed by atoms with Crippen LogP contribution in [0.2, 0.25) is 5.02 Å². The van der Waals surface area contributed by atoms with Crippen LogP contribution in [0, 0.1) is 23.7 Å². The molecular weight excluding hydrogens is 278 g/mol. The number of nitrogens with zero attached hydrogens (tertiary/aromatic N) is 1. The van der Waals surface area contributed by atoms with Crippen molar-refractivity contribution in [1.82, 2.24) is 0 Å². The molecule has 0 bridgehead atoms. The standard InChI is InChI=1S/C15H14ClNO3/c1-9-10(2)15(20)17(14(9)19)13-8-12(16)6-5-11(13)4-3-7-18/h5-6,8-10,18H,7H2,1-2H3. The van der Waals surface area contributed by atoms with Crippen LogP contribution < -0.4 is 4.90 Å². The molecule has 1 fully saturated rings. The summed E-state index contributed by atoms with van der Waals surface area (Å²) >= 11 is 5.95. The molecule has 0 aromatic heterocycles. The molecule has 4 nitrogen and oxygen atoms in total. The van der Waals surface area contributed by atoms with Crippen molar-refractivity contribution < 1.29 is 14.7 Å². The van der Waals surface area contributed by atoms with Gasteiger partial charge in [0.05, 0.1) is 5.69 Å². The van der Waals surface area contributed by atoms with Crippen LogP contribution in [-0.4, -0.2) is 23.5 Å². The molecule has 2 unspecified atom stereocenters. The van der Waals surface area contributed by atoms with E-state index in [1.54, 1.807) is 32.0 Å². The van der Waals surface area contributed by atoms with Gasteiger partial charge in [0.1, 0.15) is 6.61 Å². The first kappa shape index (κ1) is 14.6. The molecule has 0 aliphatic carbocycles. The highest BCUT2D eigenvalue weighted by Gasteiger charge is 2.43. The summed E-state index contributed by atoms with van der Waals surface area (Å²) in [6.45, 7) is 3.17. The van der Waals surface area contributed by atoms with Crippen LogP contribution in [0.15, 0.2) is 18.2 Å². The second-order valence-corrected chi connectivity index (χ2v) is 5.15. The van der Waals surface area contributed by atoms with E-state index in [2.05, 4.69) is 11.8 Å². The van der Waals surface area contributed by atoms with E-state index in [1.807, 2.05) is 0 Å². The lowest BCUT2D eigenvalue weighted by Crippen LogP contribution is -2.31. The molecule has 1 aromatic rings. The average molecular weight is 292 g/mol. The zero-order valence-corrected chi connectivity index (χ0v) is 11.9. The molecule has 0 radical (unpaired) electrons. The number of hydrogen-bond donors (Lipinski definition) is 1. The molecule has 1 saturated heterocycles. The first-order chi connectivity index (χ1) is 9.47. The molecule has 1 heterocycles. The van der Waals surface area contributed by atoms with Crippen molar-refractivity contribution in [1.29, 1.82) is 0 Å². The van der Waals surface area contributed by atoms with Crippen LogP contribution in [0.5, 0.6) is 0 Å². The molecule has 20 heavy (non-hydrogen) atoms. The number of carbonyl (C=O) groups is 2. The van der Waals surface area contributed by atoms with Crippen LogP contribution in [0.1, 0.15) is 19.4 Å². The monoisotopic (exact) mass is 291 g/mol. The molecule has 0 saturated carbocycles. The summed E-state index contributed by atoms with van der Waals surface area (Å²) in [5, 5.41) is 9.20. The van der Waals surface area contributed by atoms with Crippen molar-refractivity contribution in [3.63, 3.8) is 0 Å². The Balaban J connectivity index is 2.54. The Morgan fingerprint density at radius 1 is 1.25 bits per heavy atom. The third kappa shape index (κ3) is 2.43. The fourth-order valence-corrected chi connectivity index (χ4v) is 2.28. The van der Waals surface area contributed by atoms with E-state index in [9.17, 15) is 9.59 Å². The van der Waals surface area contributed by atoms with Crippen molar-refractivity contribution in [3.05, 3.63) is 28.8 Å². The Morgan fingerprint density at radius 3 is 2.40 bits per heavy atom. The maximum absolute atomic E-state index is 12.2. The van der Waals surface area contributed by atoms with Crippen LogP contribution >= 0.6 is 11.6 Å². The minimum Gasteiger partial charge on any atom is -0.384 e. The van der Waals surface area contributed by atoms with Gasteiger partial charge in [0.25, 0.3) is 0 Å². The van der Waals surface area contributed by atoms with E-state index in [-0.39, 0.29) is 30.3 Å². The largest absolute Gasteiger partial charge is 0.384 e. The van der Waals surface area contributed by atoms with Gasteiger partial charge in [-0.05, 0) is 18.2 Å². The molecule has 2 amide bonds. The van der Waals surface area contributed by atoms with Gasteiger partial charge >= 0.3 is 0 Å². The predicted octanol–water partition coefficient (Wildman–Crippen LogP) is 1.83. The first-order valence-corrected chi connectivity index (χ1v) is 6.62. The van der Waals surface area contributed by atoms with Crippen LogP contribution in [-0.2, 0) is 9.59 Å². The summed E-state index contributed by atoms with van der Waals surface area (Å²) < 4.78 is 0. The molecular formula is C15H14ClNO3. The Kier molecular flexibility index (Phi) is 4.12. The third-order valence-electron chi connectivity index (χ3n) is 3.47. The number of benzene rings is 1. The van der Waals surface area contributed by atoms with E-state index in [1.165, 1.54) is 0 Å². The van der Waals surface area contributed by atoms with Crippen molar-refractivity contribution in [2.24, 2.45) is 11.8 Å². The number of rotatable bonds is 1. The summed E-state index contributed by atoms with van der Waals surface area (Å²) in [4.78, 5) is 25.6. The molecule has 1 aliphatic heterocycles. The molecule has 2 atom stereocenters. The highest BCUT2D eigenvalue weighted by Crippen LogP contribution is 2.33. The molecule has 104 valence electrons. The summed E-state index contributed by atoms with van der Waals surface area (Å²) in [6, 6.07) is 4.81. The summed E-state index contributed by atoms with van der Waals surface area (Å²) in [7, 11) is 0. The summed E-state index contributed by atoms with van der Waals surface area (Å²) in [6.07, 6.45) is 0. The fraction of sp³-hybridized carbons (Fsp3) is 0.333. The fourth-order valence-electron chi connectivity index (χ4n) is 2.11. The van der Waals surface area contributed by atoms with Gasteiger partial charge in [-0.15, -0.1) is 0 Å². The maximum atomic E-state index is 12.2. The summed E-state index contributed by atoms with van der Waals surface area (Å²) in [5.74, 6) is 4.02. The van der Waals surface area contributed by atoms with E-state index in [0.717, 1.165) is 4.90 Å². The lowest BCUT2D eigenvalue weighted by molar-refractivity contribution is -0.122. The third-order valence-corrected chi connectivity index (χ3v) is 3.71. The van der Waals surface area contributed by atoms with Gasteiger partial charge in [0, 0.05) is 22.4 Å². The van der Waals surface area contributed by atoms with Gasteiger partial charge in [-0.1, -0.05) is 37.3 Å². The number of aliphatic hydroxyl groups excluding tert-OH is 1. The average Bonchev–Trinajstić information content (AvgIpc) is 2.62. The number of carbonyl (C=O) groups excluding carboxylic acids is 2. The zero-order chi connectivity index (χ0) is 14.9. The lowest BCUT2D eigenvalue weighted by atomic mass is 10.00. The van der Waals surface area contributed by atoms with Crippen molar-refractivity contribution in [2.75, 3.05) is 11.5 Å². The number of halogens is 1. The first-order valence-electron chi connectivity index (χ1n) is 6.24. The van der Waals surface area contributed by atoms with Gasteiger partial charge in [-0.25, -0.2) is 4.90 Å². The van der Waals surface area contributed by atoms with Gasteiger partial charge in [-0.3, -0.25) is 9.59 Å². The second-order valence-electron chi connectivity index (χ2n) is 4.71. The molecule has 1 aliphatic rings. The smallest absolute Gasteiger partial charge is 0.237 e. The molecule has 5 heteroatoms. The normalized spacial score (nSPS) is 21.9. The Labute approximate surface area is 122 Å². The molecule has 1 N–H and O–H groups in total. The van der Waals surface area contributed by atoms with Crippen LogP contribution in [0.3, 0.4) is 0 Å². The summed E-state index contributed by atoms with van der Waals surface area (Å²) in [5.41, 5.74) is 0.871. The minimum absolute atomic E-state index is 0.253. The van der Waals surface area contributed by atoms with Crippen molar-refractivity contribution in [2.45, 2.75) is 13.8 Å². The molecule has 1 aromatic carbocycles. The SMILES string of the molecule is CC1C(=O)N(c2cc(Cl)ccc2C#CCO)C(=O)C1C. The van der Waals surface area contributed by atoms with Crippen molar-refractivity contribution in [3.8, 4) is 11.8 Å². The lowest BCUT2D eigenvalue weighted by Gasteiger charge is -2.17. The Bertz CT molecular complexity index is 610. The number of aliphatic hydroxyl groups is 1. The van der Waals surface area contributed by atoms with Gasteiger partial charge < -0.3 is 5.11 Å². The zero-order valence-electron chi connectivity index (χ0n) is 11.2. The number of imide groups is 1. The highest BCUT2D eigenvalue weighted by molar-refractivity contribution is 6.31. The number of amides is 2. The number of anilines is 1. The Hall–Kier alpha value is -1.83. The topological polar surface area (TPSA) is 57.6 Å². The Morgan fingerprint density at radius 2 is 1.85 bits per heavy atom. The van der Waals surface area contributed by atoms with Crippen LogP contribution in [0.4, 0.5) is 5.69 Å². The highest BCUT2D eigenvalue weighted by atomic mass is 35.5. The number of hydrogen-bond acceptors (Lipinski definition) is 3. The van der Waals surface area contributed by atoms with Crippen molar-refractivity contribution >= 4 is 29.1 Å². The van der Waals surface area contributed by atoms with E-state index in [0.29, 0.717) is 16.3 Å². The van der Waals surface area contributed by atoms with E-state index >= 15 is 0 Å². The van der Waals surface area contributed by atoms with E-state index < -0.39 is 0 Å². The van der Waals surface area contributed by atoms with Crippen LogP contribution in [0.25, 0.3) is 0 Å². The quantitative estimate of drug-likeness (QED) is 0.634. The minimum atomic E-state index is -0.361. The predicted molar refractivity (Wildman–Crippen MR) is 76.2 cm³/mol.